The molecule has 0 saturated heterocycles. The van der Waals surface area contributed by atoms with E-state index in [1.807, 2.05) is 4.72 Å². The molecule has 1 heterocycles. The van der Waals surface area contributed by atoms with Crippen LogP contribution in [0.3, 0.4) is 0 Å². The van der Waals surface area contributed by atoms with Crippen molar-refractivity contribution in [2.45, 2.75) is 17.4 Å². The first-order valence-electron chi connectivity index (χ1n) is 5.94. The molecule has 0 bridgehead atoms. The third-order valence-corrected chi connectivity index (χ3v) is 5.42. The zero-order valence-corrected chi connectivity index (χ0v) is 12.6. The van der Waals surface area contributed by atoms with E-state index in [0.717, 1.165) is 18.2 Å². The van der Waals surface area contributed by atoms with E-state index in [9.17, 15) is 22.3 Å². The predicted octanol–water partition coefficient (Wildman–Crippen LogP) is 2.21. The van der Waals surface area contributed by atoms with Gasteiger partial charge in [0, 0.05) is 11.4 Å². The minimum atomic E-state index is -4.40. The number of hydrogen-bond donors (Lipinski definition) is 2. The van der Waals surface area contributed by atoms with Gasteiger partial charge in [0.25, 0.3) is 0 Å². The molecule has 1 atom stereocenters. The Bertz CT molecular complexity index is 708. The predicted molar refractivity (Wildman–Crippen MR) is 75.4 cm³/mol. The van der Waals surface area contributed by atoms with Gasteiger partial charge in [-0.3, -0.25) is 0 Å². The second-order valence-corrected chi connectivity index (χ2v) is 7.28. The van der Waals surface area contributed by atoms with E-state index >= 15 is 0 Å². The Balaban J connectivity index is 2.23. The molecule has 0 saturated carbocycles. The maximum atomic E-state index is 13.5. The van der Waals surface area contributed by atoms with Crippen molar-refractivity contribution < 1.29 is 22.3 Å². The van der Waals surface area contributed by atoms with Gasteiger partial charge in [0.2, 0.25) is 10.0 Å². The van der Waals surface area contributed by atoms with Crippen LogP contribution in [-0.2, 0) is 15.6 Å². The summed E-state index contributed by atoms with van der Waals surface area (Å²) >= 11 is 1.25. The molecular formula is C13H13F2NO3S2. The topological polar surface area (TPSA) is 66.4 Å². The van der Waals surface area contributed by atoms with Crippen molar-refractivity contribution in [1.82, 2.24) is 4.72 Å². The molecule has 114 valence electrons. The molecule has 2 N–H and O–H groups in total. The van der Waals surface area contributed by atoms with Gasteiger partial charge in [-0.25, -0.2) is 21.9 Å². The van der Waals surface area contributed by atoms with Crippen LogP contribution in [0.2, 0.25) is 0 Å². The van der Waals surface area contributed by atoms with Crippen LogP contribution >= 0.6 is 11.3 Å². The summed E-state index contributed by atoms with van der Waals surface area (Å²) in [7, 11) is -4.40. The number of benzene rings is 1. The lowest BCUT2D eigenvalue weighted by Crippen LogP contribution is -2.38. The van der Waals surface area contributed by atoms with Gasteiger partial charge in [0.05, 0.1) is 0 Å². The fraction of sp³-hybridized carbons (Fsp3) is 0.231. The quantitative estimate of drug-likeness (QED) is 0.882. The van der Waals surface area contributed by atoms with Gasteiger partial charge in [0.1, 0.15) is 17.2 Å². The molecule has 0 amide bonds. The molecule has 0 aliphatic heterocycles. The smallest absolute Gasteiger partial charge is 0.246 e. The number of hydrogen-bond acceptors (Lipinski definition) is 4. The van der Waals surface area contributed by atoms with E-state index in [1.165, 1.54) is 18.3 Å². The SMILES string of the molecule is CC(O)(CNS(=O)(=O)c1c(F)cccc1F)c1cccs1. The number of rotatable bonds is 5. The summed E-state index contributed by atoms with van der Waals surface area (Å²) in [6.45, 7) is 1.02. The van der Waals surface area contributed by atoms with Crippen molar-refractivity contribution in [2.75, 3.05) is 6.54 Å². The first-order valence-corrected chi connectivity index (χ1v) is 8.30. The minimum absolute atomic E-state index is 0.399. The van der Waals surface area contributed by atoms with E-state index in [2.05, 4.69) is 0 Å². The van der Waals surface area contributed by atoms with Crippen LogP contribution in [0.15, 0.2) is 40.6 Å². The Hall–Kier alpha value is -1.35. The minimum Gasteiger partial charge on any atom is -0.383 e. The van der Waals surface area contributed by atoms with E-state index in [-0.39, 0.29) is 0 Å². The Morgan fingerprint density at radius 1 is 1.24 bits per heavy atom. The fourth-order valence-electron chi connectivity index (χ4n) is 1.72. The van der Waals surface area contributed by atoms with E-state index < -0.39 is 38.7 Å². The van der Waals surface area contributed by atoms with E-state index in [4.69, 9.17) is 0 Å². The van der Waals surface area contributed by atoms with Crippen LogP contribution in [0.5, 0.6) is 0 Å². The summed E-state index contributed by atoms with van der Waals surface area (Å²) < 4.78 is 53.1. The summed E-state index contributed by atoms with van der Waals surface area (Å²) in [6, 6.07) is 6.14. The molecule has 2 aromatic rings. The third kappa shape index (κ3) is 3.46. The van der Waals surface area contributed by atoms with Crippen LogP contribution in [-0.4, -0.2) is 20.1 Å². The lowest BCUT2D eigenvalue weighted by atomic mass is 10.1. The molecule has 0 spiro atoms. The van der Waals surface area contributed by atoms with Gasteiger partial charge < -0.3 is 5.11 Å². The van der Waals surface area contributed by atoms with E-state index in [0.29, 0.717) is 4.88 Å². The summed E-state index contributed by atoms with van der Waals surface area (Å²) in [4.78, 5) is -0.508. The molecule has 21 heavy (non-hydrogen) atoms. The van der Waals surface area contributed by atoms with Crippen LogP contribution in [0, 0.1) is 11.6 Å². The molecule has 8 heteroatoms. The van der Waals surface area contributed by atoms with Gasteiger partial charge in [-0.2, -0.15) is 0 Å². The zero-order chi connectivity index (χ0) is 15.7. The van der Waals surface area contributed by atoms with Gasteiger partial charge in [-0.1, -0.05) is 12.1 Å². The summed E-state index contributed by atoms with van der Waals surface area (Å²) in [6.07, 6.45) is 0. The van der Waals surface area contributed by atoms with Crippen LogP contribution < -0.4 is 4.72 Å². The first-order chi connectivity index (χ1) is 9.74. The number of halogens is 2. The lowest BCUT2D eigenvalue weighted by Gasteiger charge is -2.22. The second-order valence-electron chi connectivity index (χ2n) is 4.63. The van der Waals surface area contributed by atoms with Crippen LogP contribution in [0.4, 0.5) is 8.78 Å². The molecular weight excluding hydrogens is 320 g/mol. The molecule has 1 unspecified atom stereocenters. The number of aliphatic hydroxyl groups is 1. The molecule has 0 fully saturated rings. The fourth-order valence-corrected chi connectivity index (χ4v) is 3.77. The maximum Gasteiger partial charge on any atom is 0.246 e. The Morgan fingerprint density at radius 3 is 2.38 bits per heavy atom. The van der Waals surface area contributed by atoms with Gasteiger partial charge in [-0.05, 0) is 30.5 Å². The standard InChI is InChI=1S/C13H13F2NO3S2/c1-13(17,11-6-3-7-20-11)8-16-21(18,19)12-9(14)4-2-5-10(12)15/h2-7,16-17H,8H2,1H3. The highest BCUT2D eigenvalue weighted by molar-refractivity contribution is 7.89. The summed E-state index contributed by atoms with van der Waals surface area (Å²) in [5.74, 6) is -2.36. The molecule has 0 aliphatic carbocycles. The molecule has 1 aromatic carbocycles. The van der Waals surface area contributed by atoms with E-state index in [1.54, 1.807) is 17.5 Å². The van der Waals surface area contributed by atoms with Gasteiger partial charge >= 0.3 is 0 Å². The van der Waals surface area contributed by atoms with Crippen LogP contribution in [0.1, 0.15) is 11.8 Å². The number of sulfonamides is 1. The molecule has 4 nitrogen and oxygen atoms in total. The highest BCUT2D eigenvalue weighted by atomic mass is 32.2. The van der Waals surface area contributed by atoms with Crippen molar-refractivity contribution in [3.8, 4) is 0 Å². The molecule has 0 radical (unpaired) electrons. The Labute approximate surface area is 125 Å². The third-order valence-electron chi connectivity index (χ3n) is 2.85. The second kappa shape index (κ2) is 5.80. The van der Waals surface area contributed by atoms with Gasteiger partial charge in [0.15, 0.2) is 4.90 Å². The lowest BCUT2D eigenvalue weighted by molar-refractivity contribution is 0.0665. The Kier molecular flexibility index (Phi) is 4.43. The molecule has 0 aliphatic rings. The largest absolute Gasteiger partial charge is 0.383 e. The summed E-state index contributed by atoms with van der Waals surface area (Å²) in [5, 5.41) is 12.0. The first kappa shape index (κ1) is 16.0. The van der Waals surface area contributed by atoms with Crippen molar-refractivity contribution in [3.63, 3.8) is 0 Å². The Morgan fingerprint density at radius 2 is 1.86 bits per heavy atom. The highest BCUT2D eigenvalue weighted by Gasteiger charge is 2.29. The highest BCUT2D eigenvalue weighted by Crippen LogP contribution is 2.25. The maximum absolute atomic E-state index is 13.5. The monoisotopic (exact) mass is 333 g/mol. The van der Waals surface area contributed by atoms with Crippen molar-refractivity contribution in [3.05, 3.63) is 52.2 Å². The normalized spacial score (nSPS) is 14.9. The van der Waals surface area contributed by atoms with Crippen molar-refractivity contribution in [2.24, 2.45) is 0 Å². The average Bonchev–Trinajstić information content (AvgIpc) is 2.91. The van der Waals surface area contributed by atoms with Crippen molar-refractivity contribution in [1.29, 1.82) is 0 Å². The molecule has 1 aromatic heterocycles. The average molecular weight is 333 g/mol. The zero-order valence-electron chi connectivity index (χ0n) is 11.0. The number of nitrogens with one attached hydrogen (secondary N) is 1. The van der Waals surface area contributed by atoms with Gasteiger partial charge in [-0.15, -0.1) is 11.3 Å². The van der Waals surface area contributed by atoms with Crippen LogP contribution in [0.25, 0.3) is 0 Å². The molecule has 2 rings (SSSR count). The number of thiophene rings is 1. The summed E-state index contributed by atoms with van der Waals surface area (Å²) in [5.41, 5.74) is -1.47. The van der Waals surface area contributed by atoms with Crippen molar-refractivity contribution >= 4 is 21.4 Å².